The number of nitrogens with one attached hydrogen (secondary N) is 1. The maximum Gasteiger partial charge on any atom is 0.0555 e. The Kier molecular flexibility index (Phi) is 21.0. The second-order valence-electron chi connectivity index (χ2n) is 13.5. The van der Waals surface area contributed by atoms with Crippen molar-refractivity contribution in [1.29, 1.82) is 0 Å². The first-order valence-electron chi connectivity index (χ1n) is 20.1. The van der Waals surface area contributed by atoms with E-state index in [-0.39, 0.29) is 0 Å². The van der Waals surface area contributed by atoms with Crippen LogP contribution in [0, 0.1) is 54.3 Å². The first-order chi connectivity index (χ1) is 25.9. The maximum atomic E-state index is 3.65. The molecule has 278 valence electrons. The minimum absolute atomic E-state index is 0.944. The number of unbranched alkanes of at least 4 members (excludes halogenated alkanes) is 10. The van der Waals surface area contributed by atoms with Crippen LogP contribution >= 0.6 is 31.9 Å². The van der Waals surface area contributed by atoms with Crippen molar-refractivity contribution >= 4 is 59.1 Å². The summed E-state index contributed by atoms with van der Waals surface area (Å²) < 4.78 is 2.09. The lowest BCUT2D eigenvalue weighted by molar-refractivity contribution is 0.744. The Hall–Kier alpha value is -3.60. The predicted octanol–water partition coefficient (Wildman–Crippen LogP) is 15.3. The van der Waals surface area contributed by atoms with Gasteiger partial charge in [0.05, 0.1) is 11.3 Å². The van der Waals surface area contributed by atoms with Crippen molar-refractivity contribution in [2.45, 2.75) is 138 Å². The van der Waals surface area contributed by atoms with E-state index in [2.05, 4.69) is 175 Å². The molecule has 0 atom stereocenters. The molecule has 4 rings (SSSR count). The monoisotopic (exact) mass is 831 g/mol. The molecule has 1 nitrogen and oxygen atoms in total. The van der Waals surface area contributed by atoms with Crippen LogP contribution in [-0.2, 0) is 0 Å². The third-order valence-corrected chi connectivity index (χ3v) is 10.4. The highest BCUT2D eigenvalue weighted by Gasteiger charge is 2.11. The van der Waals surface area contributed by atoms with E-state index in [0.29, 0.717) is 0 Å². The van der Waals surface area contributed by atoms with Crippen LogP contribution in [0.15, 0.2) is 57.5 Å². The normalized spacial score (nSPS) is 10.1. The largest absolute Gasteiger partial charge is 0.384 e. The summed E-state index contributed by atoms with van der Waals surface area (Å²) in [6.45, 7) is 14.2. The molecule has 0 bridgehead atoms. The number of aryl methyl sites for hydroxylation is 1. The zero-order valence-electron chi connectivity index (χ0n) is 33.2. The summed E-state index contributed by atoms with van der Waals surface area (Å²) in [5.74, 6) is 27.0. The smallest absolute Gasteiger partial charge is 0.0555 e. The first kappa shape index (κ1) is 43.8. The van der Waals surface area contributed by atoms with Crippen molar-refractivity contribution in [2.24, 2.45) is 0 Å². The molecule has 3 heteroatoms. The van der Waals surface area contributed by atoms with E-state index in [0.717, 1.165) is 106 Å². The van der Waals surface area contributed by atoms with Gasteiger partial charge < -0.3 is 5.32 Å². The summed E-state index contributed by atoms with van der Waals surface area (Å²) in [4.78, 5) is 0. The summed E-state index contributed by atoms with van der Waals surface area (Å²) in [7, 11) is 0. The van der Waals surface area contributed by atoms with E-state index < -0.39 is 0 Å². The van der Waals surface area contributed by atoms with E-state index in [4.69, 9.17) is 0 Å². The molecule has 0 spiro atoms. The molecule has 0 aromatic heterocycles. The third-order valence-electron chi connectivity index (χ3n) is 9.08. The van der Waals surface area contributed by atoms with E-state index >= 15 is 0 Å². The molecule has 0 amide bonds. The zero-order chi connectivity index (χ0) is 38.3. The van der Waals surface area contributed by atoms with Gasteiger partial charge in [0.15, 0.2) is 0 Å². The van der Waals surface area contributed by atoms with Gasteiger partial charge in [-0.15, -0.1) is 0 Å². The van der Waals surface area contributed by atoms with E-state index in [1.165, 1.54) is 61.3 Å². The molecule has 53 heavy (non-hydrogen) atoms. The minimum Gasteiger partial charge on any atom is -0.384 e. The maximum absolute atomic E-state index is 3.65. The average molecular weight is 834 g/mol. The number of benzene rings is 4. The molecule has 4 aromatic carbocycles. The number of hydrogen-bond acceptors (Lipinski definition) is 1. The molecule has 1 N–H and O–H groups in total. The Morgan fingerprint density at radius 3 is 1.28 bits per heavy atom. The van der Waals surface area contributed by atoms with Gasteiger partial charge in [-0.25, -0.2) is 0 Å². The van der Waals surface area contributed by atoms with Gasteiger partial charge in [0.2, 0.25) is 0 Å². The van der Waals surface area contributed by atoms with Gasteiger partial charge in [0.1, 0.15) is 0 Å². The van der Waals surface area contributed by atoms with Crippen LogP contribution in [0.1, 0.15) is 159 Å². The summed E-state index contributed by atoms with van der Waals surface area (Å²) in [6, 6.07) is 17.3. The van der Waals surface area contributed by atoms with Crippen molar-refractivity contribution in [2.75, 3.05) is 11.9 Å². The summed E-state index contributed by atoms with van der Waals surface area (Å²) in [5.41, 5.74) is 6.82. The number of fused-ring (bicyclic) bond motifs is 2. The predicted molar refractivity (Wildman–Crippen MR) is 242 cm³/mol. The van der Waals surface area contributed by atoms with E-state index in [9.17, 15) is 0 Å². The van der Waals surface area contributed by atoms with Crippen molar-refractivity contribution < 1.29 is 0 Å². The van der Waals surface area contributed by atoms with Crippen molar-refractivity contribution in [3.8, 4) is 47.4 Å². The lowest BCUT2D eigenvalue weighted by Gasteiger charge is -2.13. The van der Waals surface area contributed by atoms with Crippen LogP contribution in [0.3, 0.4) is 0 Å². The second kappa shape index (κ2) is 25.4. The molecule has 0 radical (unpaired) electrons. The molecule has 0 unspecified atom stereocenters. The fourth-order valence-electron chi connectivity index (χ4n) is 5.83. The highest BCUT2D eigenvalue weighted by Crippen LogP contribution is 2.32. The van der Waals surface area contributed by atoms with Crippen LogP contribution < -0.4 is 5.32 Å². The number of rotatable bonds is 13. The van der Waals surface area contributed by atoms with Gasteiger partial charge in [0, 0.05) is 63.3 Å². The Labute approximate surface area is 339 Å². The quantitative estimate of drug-likeness (QED) is 0.105. The highest BCUT2D eigenvalue weighted by atomic mass is 79.9. The van der Waals surface area contributed by atoms with Gasteiger partial charge in [-0.1, -0.05) is 151 Å². The molecule has 4 aromatic rings. The summed E-state index contributed by atoms with van der Waals surface area (Å²) in [5, 5.41) is 8.41. The van der Waals surface area contributed by atoms with Crippen LogP contribution in [0.25, 0.3) is 21.5 Å². The fourth-order valence-corrected chi connectivity index (χ4v) is 6.72. The Morgan fingerprint density at radius 2 is 0.811 bits per heavy atom. The Bertz CT molecular complexity index is 1950. The highest BCUT2D eigenvalue weighted by molar-refractivity contribution is 9.10. The van der Waals surface area contributed by atoms with E-state index in [1.807, 2.05) is 0 Å². The van der Waals surface area contributed by atoms with Crippen molar-refractivity contribution in [3.05, 3.63) is 85.3 Å². The number of halogens is 2. The minimum atomic E-state index is 0.944. The van der Waals surface area contributed by atoms with Crippen LogP contribution in [0.5, 0.6) is 0 Å². The number of anilines is 1. The third kappa shape index (κ3) is 14.0. The SMILES string of the molecule is CCCCC#Cc1c(Br)ccc2c(C#CCCCC)c(Br)ccc12.CCCCC#Cc1c(C)ccc2c(C#CCCCC)c(NCCCCC)ccc12. The molecule has 0 saturated heterocycles. The van der Waals surface area contributed by atoms with Gasteiger partial charge in [0.25, 0.3) is 0 Å². The van der Waals surface area contributed by atoms with Crippen LogP contribution in [0.2, 0.25) is 0 Å². The molecular weight excluding hydrogens is 774 g/mol. The molecular formula is C50H59Br2N. The van der Waals surface area contributed by atoms with E-state index in [1.54, 1.807) is 0 Å². The van der Waals surface area contributed by atoms with Crippen molar-refractivity contribution in [3.63, 3.8) is 0 Å². The fraction of sp³-hybridized carbons (Fsp3) is 0.440. The standard InChI is InChI=1S/C28H37N.C22H22Br2/c1-5-8-11-13-16-24-23(4)18-19-26-25(24)20-21-28(29-22-15-10-7-3)27(26)17-14-12-9-6-2;1-3-5-7-9-11-19-17-13-16-22(24)20(12-10-8-6-4-2)18(17)14-15-21(19)23/h18-21,29H,5-12,15,22H2,1-4H3;13-16H,3-8H2,1-2H3. The first-order valence-corrected chi connectivity index (χ1v) is 21.7. The topological polar surface area (TPSA) is 12.0 Å². The summed E-state index contributed by atoms with van der Waals surface area (Å²) >= 11 is 7.31. The summed E-state index contributed by atoms with van der Waals surface area (Å²) in [6.07, 6.45) is 16.8. The zero-order valence-corrected chi connectivity index (χ0v) is 36.4. The number of hydrogen-bond donors (Lipinski definition) is 1. The van der Waals surface area contributed by atoms with Gasteiger partial charge in [-0.05, 0) is 111 Å². The van der Waals surface area contributed by atoms with Gasteiger partial charge in [-0.2, -0.15) is 0 Å². The van der Waals surface area contributed by atoms with Gasteiger partial charge in [-0.3, -0.25) is 0 Å². The van der Waals surface area contributed by atoms with Gasteiger partial charge >= 0.3 is 0 Å². The Balaban J connectivity index is 0.000000290. The lowest BCUT2D eigenvalue weighted by Crippen LogP contribution is -2.04. The average Bonchev–Trinajstić information content (AvgIpc) is 3.16. The molecule has 0 fully saturated rings. The van der Waals surface area contributed by atoms with Crippen LogP contribution in [0.4, 0.5) is 5.69 Å². The molecule has 0 aliphatic carbocycles. The lowest BCUT2D eigenvalue weighted by atomic mass is 9.95. The molecule has 0 saturated carbocycles. The second-order valence-corrected chi connectivity index (χ2v) is 15.2. The Morgan fingerprint density at radius 1 is 0.434 bits per heavy atom. The van der Waals surface area contributed by atoms with Crippen LogP contribution in [-0.4, -0.2) is 6.54 Å². The van der Waals surface area contributed by atoms with Crippen molar-refractivity contribution in [1.82, 2.24) is 0 Å². The molecule has 0 aliphatic heterocycles. The molecule has 0 aliphatic rings. The molecule has 0 heterocycles.